The van der Waals surface area contributed by atoms with Crippen LogP contribution in [-0.2, 0) is 22.5 Å². The van der Waals surface area contributed by atoms with Gasteiger partial charge in [-0.3, -0.25) is 23.4 Å². The minimum absolute atomic E-state index is 0.115. The molecule has 0 saturated carbocycles. The average Bonchev–Trinajstić information content (AvgIpc) is 3.27. The Bertz CT molecular complexity index is 1340. The predicted octanol–water partition coefficient (Wildman–Crippen LogP) is 1.67. The van der Waals surface area contributed by atoms with E-state index in [4.69, 9.17) is 10.5 Å². The van der Waals surface area contributed by atoms with E-state index in [9.17, 15) is 14.4 Å². The Balaban J connectivity index is 2.03. The lowest BCUT2D eigenvalue weighted by atomic mass is 10.2. The summed E-state index contributed by atoms with van der Waals surface area (Å²) in [7, 11) is 0. The summed E-state index contributed by atoms with van der Waals surface area (Å²) in [5.74, 6) is -0.458. The summed E-state index contributed by atoms with van der Waals surface area (Å²) in [5, 5.41) is 8.68. The van der Waals surface area contributed by atoms with Gasteiger partial charge >= 0.3 is 5.97 Å². The number of nitrogens with two attached hydrogens (primary N) is 1. The summed E-state index contributed by atoms with van der Waals surface area (Å²) in [6.45, 7) is 3.91. The molecule has 0 fully saturated rings. The summed E-state index contributed by atoms with van der Waals surface area (Å²) in [5.41, 5.74) is 6.63. The van der Waals surface area contributed by atoms with Crippen molar-refractivity contribution in [2.45, 2.75) is 26.8 Å². The van der Waals surface area contributed by atoms with Crippen LogP contribution in [0.1, 0.15) is 33.5 Å². The van der Waals surface area contributed by atoms with Gasteiger partial charge in [0.25, 0.3) is 11.5 Å². The highest BCUT2D eigenvalue weighted by Gasteiger charge is 2.24. The van der Waals surface area contributed by atoms with E-state index in [-0.39, 0.29) is 35.8 Å². The molecule has 2 N–H and O–H groups in total. The van der Waals surface area contributed by atoms with Gasteiger partial charge in [0, 0.05) is 0 Å². The van der Waals surface area contributed by atoms with Gasteiger partial charge in [0.2, 0.25) is 5.78 Å². The number of esters is 1. The zero-order valence-electron chi connectivity index (χ0n) is 16.4. The molecule has 3 aromatic heterocycles. The quantitative estimate of drug-likeness (QED) is 0.469. The van der Waals surface area contributed by atoms with Crippen LogP contribution in [0.4, 0.5) is 0 Å². The highest BCUT2D eigenvalue weighted by atomic mass is 32.1. The van der Waals surface area contributed by atoms with E-state index in [1.165, 1.54) is 4.57 Å². The minimum Gasteiger partial charge on any atom is -0.466 e. The van der Waals surface area contributed by atoms with E-state index in [1.807, 2.05) is 30.3 Å². The molecule has 0 aliphatic heterocycles. The van der Waals surface area contributed by atoms with Gasteiger partial charge in [-0.1, -0.05) is 30.3 Å². The average molecular weight is 425 g/mol. The highest BCUT2D eigenvalue weighted by molar-refractivity contribution is 7.20. The molecule has 4 aromatic rings. The van der Waals surface area contributed by atoms with Crippen molar-refractivity contribution < 1.29 is 14.3 Å². The van der Waals surface area contributed by atoms with Crippen molar-refractivity contribution in [3.05, 3.63) is 62.5 Å². The Labute approximate surface area is 174 Å². The fraction of sp³-hybridized carbons (Fsp3) is 0.250. The molecule has 3 heterocycles. The van der Waals surface area contributed by atoms with E-state index < -0.39 is 11.9 Å². The van der Waals surface area contributed by atoms with E-state index in [1.54, 1.807) is 18.2 Å². The number of carbonyl (C=O) groups is 2. The van der Waals surface area contributed by atoms with Gasteiger partial charge < -0.3 is 10.5 Å². The fourth-order valence-corrected chi connectivity index (χ4v) is 4.59. The Morgan fingerprint density at radius 1 is 1.20 bits per heavy atom. The van der Waals surface area contributed by atoms with Gasteiger partial charge in [0.15, 0.2) is 5.82 Å². The molecule has 10 heteroatoms. The van der Waals surface area contributed by atoms with Gasteiger partial charge in [0.1, 0.15) is 11.3 Å². The third-order valence-electron chi connectivity index (χ3n) is 4.76. The maximum absolute atomic E-state index is 13.4. The number of benzene rings is 1. The number of ether oxygens (including phenoxy) is 1. The molecule has 0 spiro atoms. The number of primary amides is 1. The van der Waals surface area contributed by atoms with Crippen molar-refractivity contribution >= 4 is 39.2 Å². The van der Waals surface area contributed by atoms with Crippen LogP contribution in [0.5, 0.6) is 0 Å². The standard InChI is InChI=1S/C20H19N5O4S/c1-3-29-14(26)9-13-22-23-20-24(10-12-7-5-4-6-8-12)18(28)15-11(2)16(17(21)27)30-19(15)25(13)20/h4-8H,3,9-10H2,1-2H3,(H2,21,27). The zero-order chi connectivity index (χ0) is 21.4. The van der Waals surface area contributed by atoms with Crippen LogP contribution in [0.3, 0.4) is 0 Å². The van der Waals surface area contributed by atoms with Crippen LogP contribution in [-0.4, -0.2) is 37.6 Å². The summed E-state index contributed by atoms with van der Waals surface area (Å²) in [6, 6.07) is 9.46. The molecule has 4 rings (SSSR count). The van der Waals surface area contributed by atoms with Crippen LogP contribution in [0, 0.1) is 6.92 Å². The fourth-order valence-electron chi connectivity index (χ4n) is 3.42. The largest absolute Gasteiger partial charge is 0.466 e. The number of nitrogens with zero attached hydrogens (tertiary/aromatic N) is 4. The smallest absolute Gasteiger partial charge is 0.313 e. The van der Waals surface area contributed by atoms with Crippen molar-refractivity contribution in [2.24, 2.45) is 5.73 Å². The lowest BCUT2D eigenvalue weighted by Crippen LogP contribution is -2.24. The first-order chi connectivity index (χ1) is 14.4. The highest BCUT2D eigenvalue weighted by Crippen LogP contribution is 2.29. The summed E-state index contributed by atoms with van der Waals surface area (Å²) in [6.07, 6.45) is -0.115. The van der Waals surface area contributed by atoms with Crippen LogP contribution in [0.2, 0.25) is 0 Å². The van der Waals surface area contributed by atoms with Crippen LogP contribution >= 0.6 is 11.3 Å². The first-order valence-corrected chi connectivity index (χ1v) is 10.1. The number of aryl methyl sites for hydroxylation is 1. The number of carbonyl (C=O) groups excluding carboxylic acids is 2. The number of aromatic nitrogens is 4. The third kappa shape index (κ3) is 3.24. The number of fused-ring (bicyclic) bond motifs is 3. The molecule has 0 saturated heterocycles. The lowest BCUT2D eigenvalue weighted by molar-refractivity contribution is -0.142. The molecule has 0 atom stereocenters. The number of thiophene rings is 1. The molecule has 0 unspecified atom stereocenters. The Morgan fingerprint density at radius 3 is 2.60 bits per heavy atom. The maximum atomic E-state index is 13.4. The van der Waals surface area contributed by atoms with Gasteiger partial charge in [-0.2, -0.15) is 0 Å². The van der Waals surface area contributed by atoms with Crippen molar-refractivity contribution in [1.29, 1.82) is 0 Å². The molecule has 0 radical (unpaired) electrons. The van der Waals surface area contributed by atoms with E-state index >= 15 is 0 Å². The number of hydrogen-bond acceptors (Lipinski definition) is 7. The lowest BCUT2D eigenvalue weighted by Gasteiger charge is -2.10. The van der Waals surface area contributed by atoms with E-state index in [0.29, 0.717) is 21.6 Å². The Hall–Kier alpha value is -3.53. The van der Waals surface area contributed by atoms with Crippen LogP contribution in [0.25, 0.3) is 16.0 Å². The molecule has 0 aliphatic carbocycles. The number of hydrogen-bond donors (Lipinski definition) is 1. The summed E-state index contributed by atoms with van der Waals surface area (Å²) in [4.78, 5) is 38.1. The number of amides is 1. The normalized spacial score (nSPS) is 11.3. The third-order valence-corrected chi connectivity index (χ3v) is 6.05. The minimum atomic E-state index is -0.615. The first-order valence-electron chi connectivity index (χ1n) is 9.31. The van der Waals surface area contributed by atoms with Crippen LogP contribution < -0.4 is 11.3 Å². The SMILES string of the molecule is CCOC(=O)Cc1nnc2n(Cc3ccccc3)c(=O)c3c(C)c(C(N)=O)sc3n12. The van der Waals surface area contributed by atoms with Gasteiger partial charge in [-0.15, -0.1) is 21.5 Å². The first kappa shape index (κ1) is 19.8. The molecule has 1 aromatic carbocycles. The molecule has 0 aliphatic rings. The second-order valence-electron chi connectivity index (χ2n) is 6.71. The van der Waals surface area contributed by atoms with Gasteiger partial charge in [0.05, 0.1) is 23.4 Å². The summed E-state index contributed by atoms with van der Waals surface area (Å²) >= 11 is 1.09. The van der Waals surface area contributed by atoms with Gasteiger partial charge in [-0.05, 0) is 25.0 Å². The Morgan fingerprint density at radius 2 is 1.93 bits per heavy atom. The molecule has 154 valence electrons. The molecular formula is C20H19N5O4S. The van der Waals surface area contributed by atoms with Crippen molar-refractivity contribution in [1.82, 2.24) is 19.2 Å². The molecule has 9 nitrogen and oxygen atoms in total. The van der Waals surface area contributed by atoms with Crippen LogP contribution in [0.15, 0.2) is 35.1 Å². The molecule has 0 bridgehead atoms. The van der Waals surface area contributed by atoms with Gasteiger partial charge in [-0.25, -0.2) is 0 Å². The topological polar surface area (TPSA) is 122 Å². The molecular weight excluding hydrogens is 406 g/mol. The molecule has 1 amide bonds. The van der Waals surface area contributed by atoms with E-state index in [0.717, 1.165) is 16.9 Å². The zero-order valence-corrected chi connectivity index (χ0v) is 17.2. The second kappa shape index (κ2) is 7.71. The van der Waals surface area contributed by atoms with Crippen molar-refractivity contribution in [3.8, 4) is 0 Å². The van der Waals surface area contributed by atoms with Crippen molar-refractivity contribution in [2.75, 3.05) is 6.61 Å². The van der Waals surface area contributed by atoms with Crippen molar-refractivity contribution in [3.63, 3.8) is 0 Å². The Kier molecular flexibility index (Phi) is 5.08. The monoisotopic (exact) mass is 425 g/mol. The number of rotatable bonds is 6. The second-order valence-corrected chi connectivity index (χ2v) is 7.71. The predicted molar refractivity (Wildman–Crippen MR) is 112 cm³/mol. The van der Waals surface area contributed by atoms with E-state index in [2.05, 4.69) is 10.2 Å². The maximum Gasteiger partial charge on any atom is 0.313 e. The molecule has 30 heavy (non-hydrogen) atoms. The summed E-state index contributed by atoms with van der Waals surface area (Å²) < 4.78 is 8.16.